The van der Waals surface area contributed by atoms with Crippen molar-refractivity contribution in [2.75, 3.05) is 23.0 Å². The van der Waals surface area contributed by atoms with Gasteiger partial charge in [-0.3, -0.25) is 9.59 Å². The van der Waals surface area contributed by atoms with Gasteiger partial charge in [0.25, 0.3) is 0 Å². The van der Waals surface area contributed by atoms with Crippen LogP contribution in [0.4, 0.5) is 0 Å². The summed E-state index contributed by atoms with van der Waals surface area (Å²) in [7, 11) is 0. The molecule has 0 unspecified atom stereocenters. The van der Waals surface area contributed by atoms with Gasteiger partial charge >= 0.3 is 0 Å². The van der Waals surface area contributed by atoms with Crippen molar-refractivity contribution in [1.82, 2.24) is 10.6 Å². The van der Waals surface area contributed by atoms with Gasteiger partial charge in [-0.05, 0) is 25.0 Å². The zero-order valence-corrected chi connectivity index (χ0v) is 18.0. The summed E-state index contributed by atoms with van der Waals surface area (Å²) in [6.45, 7) is 3.98. The van der Waals surface area contributed by atoms with Gasteiger partial charge in [0.1, 0.15) is 0 Å². The van der Waals surface area contributed by atoms with E-state index in [1.165, 1.54) is 0 Å². The SMILES string of the molecule is C[C@H](NC(=O)CSCCSCC(=O)N[C@@H](C)c1ccccc1)c1ccccc1. The second-order valence-electron chi connectivity index (χ2n) is 6.50. The van der Waals surface area contributed by atoms with Crippen LogP contribution in [-0.4, -0.2) is 34.8 Å². The molecule has 6 heteroatoms. The largest absolute Gasteiger partial charge is 0.349 e. The van der Waals surface area contributed by atoms with Crippen LogP contribution in [0, 0.1) is 0 Å². The summed E-state index contributed by atoms with van der Waals surface area (Å²) in [6, 6.07) is 19.9. The van der Waals surface area contributed by atoms with Gasteiger partial charge in [0, 0.05) is 11.5 Å². The topological polar surface area (TPSA) is 58.2 Å². The van der Waals surface area contributed by atoms with Crippen LogP contribution in [0.2, 0.25) is 0 Å². The molecule has 2 rings (SSSR count). The van der Waals surface area contributed by atoms with Gasteiger partial charge in [0.15, 0.2) is 0 Å². The summed E-state index contributed by atoms with van der Waals surface area (Å²) >= 11 is 3.19. The molecule has 0 aliphatic carbocycles. The van der Waals surface area contributed by atoms with E-state index in [1.807, 2.05) is 74.5 Å². The highest BCUT2D eigenvalue weighted by molar-refractivity contribution is 8.03. The van der Waals surface area contributed by atoms with E-state index in [1.54, 1.807) is 23.5 Å². The Bertz CT molecular complexity index is 662. The van der Waals surface area contributed by atoms with E-state index < -0.39 is 0 Å². The third kappa shape index (κ3) is 8.40. The average molecular weight is 417 g/mol. The number of carbonyl (C=O) groups excluding carboxylic acids is 2. The number of thioether (sulfide) groups is 2. The molecule has 0 bridgehead atoms. The van der Waals surface area contributed by atoms with Gasteiger partial charge in [0.2, 0.25) is 11.8 Å². The minimum absolute atomic E-state index is 0.0129. The Morgan fingerprint density at radius 1 is 0.714 bits per heavy atom. The number of rotatable bonds is 11. The summed E-state index contributed by atoms with van der Waals surface area (Å²) in [5, 5.41) is 6.02. The van der Waals surface area contributed by atoms with Gasteiger partial charge in [-0.15, -0.1) is 0 Å². The minimum Gasteiger partial charge on any atom is -0.349 e. The van der Waals surface area contributed by atoms with Crippen molar-refractivity contribution in [3.8, 4) is 0 Å². The maximum Gasteiger partial charge on any atom is 0.230 e. The van der Waals surface area contributed by atoms with Crippen molar-refractivity contribution in [2.24, 2.45) is 0 Å². The molecule has 0 fully saturated rings. The molecule has 0 aromatic heterocycles. The van der Waals surface area contributed by atoms with E-state index in [9.17, 15) is 9.59 Å². The first-order valence-electron chi connectivity index (χ1n) is 9.40. The summed E-state index contributed by atoms with van der Waals surface area (Å²) in [5.41, 5.74) is 2.21. The zero-order valence-electron chi connectivity index (χ0n) is 16.4. The Kier molecular flexibility index (Phi) is 10.0. The van der Waals surface area contributed by atoms with Crippen molar-refractivity contribution in [1.29, 1.82) is 0 Å². The van der Waals surface area contributed by atoms with Crippen LogP contribution < -0.4 is 10.6 Å². The van der Waals surface area contributed by atoms with Crippen LogP contribution in [0.25, 0.3) is 0 Å². The van der Waals surface area contributed by atoms with E-state index in [-0.39, 0.29) is 23.9 Å². The number of hydrogen-bond acceptors (Lipinski definition) is 4. The van der Waals surface area contributed by atoms with Crippen molar-refractivity contribution < 1.29 is 9.59 Å². The number of carbonyl (C=O) groups is 2. The monoisotopic (exact) mass is 416 g/mol. The maximum absolute atomic E-state index is 12.0. The number of hydrogen-bond donors (Lipinski definition) is 2. The Morgan fingerprint density at radius 3 is 1.43 bits per heavy atom. The molecule has 2 aromatic rings. The van der Waals surface area contributed by atoms with Gasteiger partial charge in [0.05, 0.1) is 23.6 Å². The molecule has 2 aromatic carbocycles. The highest BCUT2D eigenvalue weighted by atomic mass is 32.2. The third-order valence-corrected chi connectivity index (χ3v) is 6.37. The molecule has 0 aliphatic heterocycles. The number of nitrogens with one attached hydrogen (secondary N) is 2. The molecule has 0 radical (unpaired) electrons. The fourth-order valence-electron chi connectivity index (χ4n) is 2.66. The maximum atomic E-state index is 12.0. The summed E-state index contributed by atoms with van der Waals surface area (Å²) < 4.78 is 0. The van der Waals surface area contributed by atoms with Crippen LogP contribution in [-0.2, 0) is 9.59 Å². The number of amides is 2. The molecule has 0 saturated heterocycles. The van der Waals surface area contributed by atoms with Gasteiger partial charge in [-0.2, -0.15) is 23.5 Å². The average Bonchev–Trinajstić information content (AvgIpc) is 2.71. The second-order valence-corrected chi connectivity index (χ2v) is 8.72. The van der Waals surface area contributed by atoms with E-state index in [2.05, 4.69) is 10.6 Å². The smallest absolute Gasteiger partial charge is 0.230 e. The fourth-order valence-corrected chi connectivity index (χ4v) is 4.43. The normalized spacial score (nSPS) is 12.8. The molecule has 4 nitrogen and oxygen atoms in total. The van der Waals surface area contributed by atoms with Gasteiger partial charge in [-0.25, -0.2) is 0 Å². The summed E-state index contributed by atoms with van der Waals surface area (Å²) in [6.07, 6.45) is 0. The van der Waals surface area contributed by atoms with E-state index in [0.29, 0.717) is 11.5 Å². The second kappa shape index (κ2) is 12.5. The molecule has 0 heterocycles. The van der Waals surface area contributed by atoms with Crippen molar-refractivity contribution in [3.05, 3.63) is 71.8 Å². The highest BCUT2D eigenvalue weighted by Gasteiger charge is 2.10. The van der Waals surface area contributed by atoms with E-state index in [4.69, 9.17) is 0 Å². The molecule has 28 heavy (non-hydrogen) atoms. The molecular formula is C22H28N2O2S2. The first kappa shape index (κ1) is 22.4. The minimum atomic E-state index is 0.0129. The Labute approximate surface area is 176 Å². The lowest BCUT2D eigenvalue weighted by Gasteiger charge is -2.14. The highest BCUT2D eigenvalue weighted by Crippen LogP contribution is 2.13. The summed E-state index contributed by atoms with van der Waals surface area (Å²) in [5.74, 6) is 2.66. The Morgan fingerprint density at radius 2 is 1.07 bits per heavy atom. The molecule has 150 valence electrons. The van der Waals surface area contributed by atoms with Crippen molar-refractivity contribution >= 4 is 35.3 Å². The predicted octanol–water partition coefficient (Wildman–Crippen LogP) is 4.21. The Hall–Kier alpha value is -1.92. The predicted molar refractivity (Wildman–Crippen MR) is 121 cm³/mol. The van der Waals surface area contributed by atoms with Gasteiger partial charge < -0.3 is 10.6 Å². The molecule has 2 atom stereocenters. The molecular weight excluding hydrogens is 388 g/mol. The van der Waals surface area contributed by atoms with Gasteiger partial charge in [-0.1, -0.05) is 60.7 Å². The first-order chi connectivity index (χ1) is 13.6. The lowest BCUT2D eigenvalue weighted by Crippen LogP contribution is -2.28. The zero-order chi connectivity index (χ0) is 20.2. The van der Waals surface area contributed by atoms with Crippen molar-refractivity contribution in [2.45, 2.75) is 25.9 Å². The fraction of sp³-hybridized carbons (Fsp3) is 0.364. The Balaban J connectivity index is 1.53. The quantitative estimate of drug-likeness (QED) is 0.539. The lowest BCUT2D eigenvalue weighted by atomic mass is 10.1. The summed E-state index contributed by atoms with van der Waals surface area (Å²) in [4.78, 5) is 24.0. The molecule has 2 amide bonds. The molecule has 2 N–H and O–H groups in total. The van der Waals surface area contributed by atoms with Crippen LogP contribution in [0.5, 0.6) is 0 Å². The van der Waals surface area contributed by atoms with Crippen LogP contribution >= 0.6 is 23.5 Å². The molecule has 0 saturated carbocycles. The van der Waals surface area contributed by atoms with E-state index in [0.717, 1.165) is 22.6 Å². The standard InChI is InChI=1S/C22H28N2O2S2/c1-17(19-9-5-3-6-10-19)23-21(25)15-27-13-14-28-16-22(26)24-18(2)20-11-7-4-8-12-20/h3-12,17-18H,13-16H2,1-2H3,(H,23,25)(H,24,26)/t17-,18-/m0/s1. The number of benzene rings is 2. The molecule has 0 aliphatic rings. The van der Waals surface area contributed by atoms with Crippen LogP contribution in [0.3, 0.4) is 0 Å². The third-order valence-electron chi connectivity index (χ3n) is 4.19. The van der Waals surface area contributed by atoms with Crippen molar-refractivity contribution in [3.63, 3.8) is 0 Å². The first-order valence-corrected chi connectivity index (χ1v) is 11.7. The van der Waals surface area contributed by atoms with E-state index >= 15 is 0 Å². The lowest BCUT2D eigenvalue weighted by molar-refractivity contribution is -0.120. The van der Waals surface area contributed by atoms with Crippen LogP contribution in [0.1, 0.15) is 37.1 Å². The molecule has 0 spiro atoms. The van der Waals surface area contributed by atoms with Crippen LogP contribution in [0.15, 0.2) is 60.7 Å².